The highest BCUT2D eigenvalue weighted by atomic mass is 28.4. The van der Waals surface area contributed by atoms with Gasteiger partial charge in [-0.3, -0.25) is 4.98 Å². The number of rotatable bonds is 4. The first kappa shape index (κ1) is 23.0. The zero-order valence-electron chi connectivity index (χ0n) is 20.4. The number of hydrogen-bond acceptors (Lipinski definition) is 3. The molecular formula is C25H43NO2Si. The van der Waals surface area contributed by atoms with Gasteiger partial charge in [0.05, 0.1) is 6.10 Å². The average molecular weight is 418 g/mol. The van der Waals surface area contributed by atoms with Gasteiger partial charge < -0.3 is 9.16 Å². The Bertz CT molecular complexity index is 742. The van der Waals surface area contributed by atoms with Crippen LogP contribution < -0.4 is 0 Å². The molecule has 0 radical (unpaired) electrons. The third-order valence-electron chi connectivity index (χ3n) is 7.64. The van der Waals surface area contributed by atoms with E-state index in [0.717, 1.165) is 45.3 Å². The summed E-state index contributed by atoms with van der Waals surface area (Å²) in [6.45, 7) is 22.9. The standard InChI is InChI=1S/C25H43NO2Si/c1-10-19-17(2)22-20(26-23(19)18-11-13-27-14-12-18)15-25(6,7)16-21(22)28-29(8,9)24(3,4)5/h18,21H,10-16H2,1-9H3. The topological polar surface area (TPSA) is 31.4 Å². The first-order chi connectivity index (χ1) is 13.4. The first-order valence-corrected chi connectivity index (χ1v) is 14.5. The van der Waals surface area contributed by atoms with Crippen molar-refractivity contribution in [2.24, 2.45) is 5.41 Å². The van der Waals surface area contributed by atoms with Crippen LogP contribution in [-0.4, -0.2) is 26.5 Å². The Morgan fingerprint density at radius 1 is 1.17 bits per heavy atom. The molecule has 0 amide bonds. The Hall–Kier alpha value is -0.713. The molecule has 29 heavy (non-hydrogen) atoms. The zero-order chi connectivity index (χ0) is 21.6. The Balaban J connectivity index is 2.09. The summed E-state index contributed by atoms with van der Waals surface area (Å²) in [7, 11) is -1.86. The largest absolute Gasteiger partial charge is 0.410 e. The molecule has 0 spiro atoms. The van der Waals surface area contributed by atoms with E-state index in [0.29, 0.717) is 5.92 Å². The summed E-state index contributed by atoms with van der Waals surface area (Å²) in [6, 6.07) is 0. The van der Waals surface area contributed by atoms with Crippen molar-refractivity contribution in [2.75, 3.05) is 13.2 Å². The van der Waals surface area contributed by atoms with Crippen LogP contribution in [0.25, 0.3) is 0 Å². The van der Waals surface area contributed by atoms with Crippen molar-refractivity contribution < 1.29 is 9.16 Å². The fourth-order valence-electron chi connectivity index (χ4n) is 4.92. The molecule has 1 saturated heterocycles. The van der Waals surface area contributed by atoms with Gasteiger partial charge in [-0.25, -0.2) is 0 Å². The second-order valence-corrected chi connectivity index (χ2v) is 16.4. The van der Waals surface area contributed by atoms with E-state index >= 15 is 0 Å². The maximum absolute atomic E-state index is 7.05. The van der Waals surface area contributed by atoms with E-state index in [1.54, 1.807) is 0 Å². The molecule has 0 N–H and O–H groups in total. The number of hydrogen-bond donors (Lipinski definition) is 0. The molecule has 2 heterocycles. The summed E-state index contributed by atoms with van der Waals surface area (Å²) < 4.78 is 12.7. The van der Waals surface area contributed by atoms with Crippen LogP contribution in [0.1, 0.15) is 101 Å². The van der Waals surface area contributed by atoms with Gasteiger partial charge in [-0.15, -0.1) is 0 Å². The molecule has 1 aromatic rings. The Labute approximate surface area is 180 Å². The zero-order valence-corrected chi connectivity index (χ0v) is 21.4. The van der Waals surface area contributed by atoms with Crippen LogP contribution in [-0.2, 0) is 22.0 Å². The summed E-state index contributed by atoms with van der Waals surface area (Å²) in [4.78, 5) is 5.39. The lowest BCUT2D eigenvalue weighted by atomic mass is 9.72. The molecule has 1 unspecified atom stereocenters. The molecule has 3 nitrogen and oxygen atoms in total. The second-order valence-electron chi connectivity index (χ2n) is 11.6. The summed E-state index contributed by atoms with van der Waals surface area (Å²) in [6.07, 6.45) is 5.58. The van der Waals surface area contributed by atoms with E-state index < -0.39 is 8.32 Å². The van der Waals surface area contributed by atoms with Crippen LogP contribution in [0.15, 0.2) is 0 Å². The number of fused-ring (bicyclic) bond motifs is 1. The highest BCUT2D eigenvalue weighted by Gasteiger charge is 2.44. The molecule has 1 aliphatic heterocycles. The Morgan fingerprint density at radius 2 is 1.79 bits per heavy atom. The lowest BCUT2D eigenvalue weighted by molar-refractivity contribution is 0.0836. The number of ether oxygens (including phenoxy) is 1. The molecule has 0 saturated carbocycles. The fraction of sp³-hybridized carbons (Fsp3) is 0.800. The third kappa shape index (κ3) is 4.65. The normalized spacial score (nSPS) is 23.1. The van der Waals surface area contributed by atoms with E-state index in [-0.39, 0.29) is 16.6 Å². The minimum Gasteiger partial charge on any atom is -0.410 e. The van der Waals surface area contributed by atoms with E-state index in [2.05, 4.69) is 61.6 Å². The minimum atomic E-state index is -1.86. The van der Waals surface area contributed by atoms with Gasteiger partial charge in [-0.05, 0) is 73.7 Å². The average Bonchev–Trinajstić information content (AvgIpc) is 2.59. The van der Waals surface area contributed by atoms with E-state index in [1.807, 2.05) is 0 Å². The van der Waals surface area contributed by atoms with E-state index in [1.165, 1.54) is 28.1 Å². The molecule has 164 valence electrons. The van der Waals surface area contributed by atoms with Gasteiger partial charge in [-0.2, -0.15) is 0 Å². The van der Waals surface area contributed by atoms with Crippen LogP contribution in [0.2, 0.25) is 18.1 Å². The SMILES string of the molecule is CCc1c(C2CCOCC2)nc2c(c1C)C(O[Si](C)(C)C(C)(C)C)CC(C)(C)C2. The van der Waals surface area contributed by atoms with Gasteiger partial charge in [-0.1, -0.05) is 41.5 Å². The highest BCUT2D eigenvalue weighted by molar-refractivity contribution is 6.74. The summed E-state index contributed by atoms with van der Waals surface area (Å²) >= 11 is 0. The van der Waals surface area contributed by atoms with Gasteiger partial charge in [0.2, 0.25) is 0 Å². The van der Waals surface area contributed by atoms with Crippen LogP contribution in [0.5, 0.6) is 0 Å². The Morgan fingerprint density at radius 3 is 2.34 bits per heavy atom. The monoisotopic (exact) mass is 417 g/mol. The third-order valence-corrected chi connectivity index (χ3v) is 12.1. The summed E-state index contributed by atoms with van der Waals surface area (Å²) in [5.74, 6) is 0.549. The smallest absolute Gasteiger partial charge is 0.192 e. The van der Waals surface area contributed by atoms with Gasteiger partial charge >= 0.3 is 0 Å². The van der Waals surface area contributed by atoms with Crippen molar-refractivity contribution in [2.45, 2.75) is 111 Å². The predicted molar refractivity (Wildman–Crippen MR) is 124 cm³/mol. The maximum Gasteiger partial charge on any atom is 0.192 e. The molecule has 4 heteroatoms. The van der Waals surface area contributed by atoms with Crippen molar-refractivity contribution >= 4 is 8.32 Å². The van der Waals surface area contributed by atoms with Crippen molar-refractivity contribution in [3.63, 3.8) is 0 Å². The van der Waals surface area contributed by atoms with Crippen molar-refractivity contribution in [3.05, 3.63) is 28.1 Å². The maximum atomic E-state index is 7.05. The van der Waals surface area contributed by atoms with Gasteiger partial charge in [0.1, 0.15) is 0 Å². The molecule has 3 rings (SSSR count). The van der Waals surface area contributed by atoms with Gasteiger partial charge in [0, 0.05) is 36.1 Å². The van der Waals surface area contributed by atoms with Crippen molar-refractivity contribution in [1.82, 2.24) is 4.98 Å². The van der Waals surface area contributed by atoms with Crippen LogP contribution >= 0.6 is 0 Å². The quantitative estimate of drug-likeness (QED) is 0.500. The highest BCUT2D eigenvalue weighted by Crippen LogP contribution is 2.49. The molecule has 1 fully saturated rings. The molecule has 0 bridgehead atoms. The van der Waals surface area contributed by atoms with Gasteiger partial charge in [0.25, 0.3) is 0 Å². The molecule has 0 aromatic carbocycles. The van der Waals surface area contributed by atoms with Crippen LogP contribution in [0.3, 0.4) is 0 Å². The van der Waals surface area contributed by atoms with Gasteiger partial charge in [0.15, 0.2) is 8.32 Å². The summed E-state index contributed by atoms with van der Waals surface area (Å²) in [5, 5.41) is 0.214. The molecule has 1 atom stereocenters. The van der Waals surface area contributed by atoms with Crippen LogP contribution in [0, 0.1) is 12.3 Å². The van der Waals surface area contributed by atoms with E-state index in [4.69, 9.17) is 14.1 Å². The van der Waals surface area contributed by atoms with Crippen LogP contribution in [0.4, 0.5) is 0 Å². The second kappa shape index (κ2) is 8.09. The van der Waals surface area contributed by atoms with Crippen molar-refractivity contribution in [1.29, 1.82) is 0 Å². The van der Waals surface area contributed by atoms with E-state index in [9.17, 15) is 0 Å². The molecule has 1 aliphatic carbocycles. The first-order valence-electron chi connectivity index (χ1n) is 11.6. The lowest BCUT2D eigenvalue weighted by Crippen LogP contribution is -2.44. The summed E-state index contributed by atoms with van der Waals surface area (Å²) in [5.41, 5.74) is 7.23. The molecule has 1 aromatic heterocycles. The predicted octanol–water partition coefficient (Wildman–Crippen LogP) is 6.88. The Kier molecular flexibility index (Phi) is 6.40. The minimum absolute atomic E-state index is 0.177. The molecular weight excluding hydrogens is 374 g/mol. The lowest BCUT2D eigenvalue weighted by Gasteiger charge is -2.45. The number of aromatic nitrogens is 1. The van der Waals surface area contributed by atoms with Crippen molar-refractivity contribution in [3.8, 4) is 0 Å². The number of pyridine rings is 1. The fourth-order valence-corrected chi connectivity index (χ4v) is 6.19. The molecule has 2 aliphatic rings. The number of nitrogens with zero attached hydrogens (tertiary/aromatic N) is 1.